The molecule has 0 unspecified atom stereocenters. The van der Waals surface area contributed by atoms with E-state index < -0.39 is 17.9 Å². The van der Waals surface area contributed by atoms with Gasteiger partial charge in [-0.15, -0.1) is 0 Å². The van der Waals surface area contributed by atoms with Crippen LogP contribution in [-0.2, 0) is 20.7 Å². The summed E-state index contributed by atoms with van der Waals surface area (Å²) in [5.74, 6) is -0.103. The normalized spacial score (nSPS) is 18.2. The van der Waals surface area contributed by atoms with E-state index in [2.05, 4.69) is 16.9 Å². The van der Waals surface area contributed by atoms with E-state index in [1.807, 2.05) is 24.5 Å². The number of aryl methyl sites for hydroxylation is 1. The second-order valence-corrected chi connectivity index (χ2v) is 7.49. The summed E-state index contributed by atoms with van der Waals surface area (Å²) in [6.45, 7) is 5.95. The maximum absolute atomic E-state index is 12.2. The van der Waals surface area contributed by atoms with Gasteiger partial charge in [0.2, 0.25) is 0 Å². The van der Waals surface area contributed by atoms with Gasteiger partial charge in [0.15, 0.2) is 17.7 Å². The van der Waals surface area contributed by atoms with Crippen molar-refractivity contribution >= 4 is 5.97 Å². The number of rotatable bonds is 8. The van der Waals surface area contributed by atoms with Crippen molar-refractivity contribution in [3.8, 4) is 17.1 Å². The molecule has 0 radical (unpaired) electrons. The number of benzene rings is 1. The van der Waals surface area contributed by atoms with Crippen molar-refractivity contribution in [2.24, 2.45) is 0 Å². The third-order valence-electron chi connectivity index (χ3n) is 4.63. The van der Waals surface area contributed by atoms with Crippen LogP contribution in [0.2, 0.25) is 0 Å². The molecule has 2 aromatic rings. The van der Waals surface area contributed by atoms with Crippen molar-refractivity contribution in [1.29, 1.82) is 0 Å². The number of hydrogen-bond donors (Lipinski definition) is 0. The summed E-state index contributed by atoms with van der Waals surface area (Å²) >= 11 is 0. The van der Waals surface area contributed by atoms with Crippen LogP contribution in [0.1, 0.15) is 52.0 Å². The van der Waals surface area contributed by atoms with Crippen LogP contribution in [0.15, 0.2) is 36.7 Å². The summed E-state index contributed by atoms with van der Waals surface area (Å²) < 4.78 is 16.3. The molecule has 1 aliphatic rings. The standard InChI is InChI=1S/C22H28N2O4/c1-4-5-6-7-8-16-13-23-20(24-14-16)17-9-11-18(12-10-17)27-21(25)19-15-26-22(2,3)28-19/h9-14,19H,4-8,15H2,1-3H3/t19-/m1/s1. The Bertz CT molecular complexity index is 772. The summed E-state index contributed by atoms with van der Waals surface area (Å²) in [5.41, 5.74) is 2.03. The van der Waals surface area contributed by atoms with Crippen LogP contribution in [0, 0.1) is 0 Å². The molecule has 28 heavy (non-hydrogen) atoms. The number of ether oxygens (including phenoxy) is 3. The van der Waals surface area contributed by atoms with Crippen molar-refractivity contribution in [3.05, 3.63) is 42.2 Å². The van der Waals surface area contributed by atoms with Crippen molar-refractivity contribution in [2.45, 2.75) is 64.8 Å². The minimum atomic E-state index is -0.757. The van der Waals surface area contributed by atoms with Crippen LogP contribution in [0.4, 0.5) is 0 Å². The van der Waals surface area contributed by atoms with E-state index in [0.29, 0.717) is 11.6 Å². The van der Waals surface area contributed by atoms with Gasteiger partial charge in [-0.25, -0.2) is 14.8 Å². The predicted molar refractivity (Wildman–Crippen MR) is 106 cm³/mol. The SMILES string of the molecule is CCCCCCc1cnc(-c2ccc(OC(=O)[C@H]3COC(C)(C)O3)cc2)nc1. The van der Waals surface area contributed by atoms with Crippen molar-refractivity contribution in [3.63, 3.8) is 0 Å². The molecule has 6 nitrogen and oxygen atoms in total. The molecular weight excluding hydrogens is 356 g/mol. The highest BCUT2D eigenvalue weighted by atomic mass is 16.8. The molecular formula is C22H28N2O4. The molecule has 0 aliphatic carbocycles. The van der Waals surface area contributed by atoms with E-state index in [1.165, 1.54) is 25.7 Å². The fourth-order valence-corrected chi connectivity index (χ4v) is 3.05. The lowest BCUT2D eigenvalue weighted by molar-refractivity contribution is -0.162. The molecule has 0 saturated carbocycles. The highest BCUT2D eigenvalue weighted by Gasteiger charge is 2.38. The fourth-order valence-electron chi connectivity index (χ4n) is 3.05. The Morgan fingerprint density at radius 3 is 2.46 bits per heavy atom. The smallest absolute Gasteiger partial charge is 0.343 e. The highest BCUT2D eigenvalue weighted by Crippen LogP contribution is 2.25. The predicted octanol–water partition coefficient (Wildman–Crippen LogP) is 4.32. The zero-order valence-corrected chi connectivity index (χ0v) is 16.8. The first-order valence-corrected chi connectivity index (χ1v) is 9.91. The lowest BCUT2D eigenvalue weighted by Crippen LogP contribution is -2.30. The molecule has 1 aromatic carbocycles. The van der Waals surface area contributed by atoms with Crippen LogP contribution >= 0.6 is 0 Å². The molecule has 3 rings (SSSR count). The molecule has 2 heterocycles. The van der Waals surface area contributed by atoms with E-state index >= 15 is 0 Å². The molecule has 1 aliphatic heterocycles. The Hall–Kier alpha value is -2.31. The zero-order valence-electron chi connectivity index (χ0n) is 16.8. The Labute approximate surface area is 166 Å². The van der Waals surface area contributed by atoms with Gasteiger partial charge >= 0.3 is 5.97 Å². The average Bonchev–Trinajstić information content (AvgIpc) is 3.06. The van der Waals surface area contributed by atoms with Crippen LogP contribution < -0.4 is 4.74 Å². The summed E-state index contributed by atoms with van der Waals surface area (Å²) in [6, 6.07) is 7.15. The maximum Gasteiger partial charge on any atom is 0.343 e. The maximum atomic E-state index is 12.2. The van der Waals surface area contributed by atoms with Crippen molar-refractivity contribution in [2.75, 3.05) is 6.61 Å². The molecule has 0 N–H and O–H groups in total. The first-order valence-electron chi connectivity index (χ1n) is 9.91. The molecule has 0 spiro atoms. The van der Waals surface area contributed by atoms with E-state index in [9.17, 15) is 4.79 Å². The molecule has 1 aromatic heterocycles. The zero-order chi connectivity index (χ0) is 20.0. The lowest BCUT2D eigenvalue weighted by atomic mass is 10.1. The number of carbonyl (C=O) groups is 1. The van der Waals surface area contributed by atoms with Gasteiger partial charge in [0.25, 0.3) is 0 Å². The van der Waals surface area contributed by atoms with Gasteiger partial charge in [0.05, 0.1) is 6.61 Å². The number of unbranched alkanes of at least 4 members (excludes halogenated alkanes) is 3. The average molecular weight is 384 g/mol. The van der Waals surface area contributed by atoms with Gasteiger partial charge in [0, 0.05) is 18.0 Å². The number of carbonyl (C=O) groups excluding carboxylic acids is 1. The molecule has 1 fully saturated rings. The third kappa shape index (κ3) is 5.59. The van der Waals surface area contributed by atoms with E-state index in [4.69, 9.17) is 14.2 Å². The van der Waals surface area contributed by atoms with Crippen LogP contribution in [0.25, 0.3) is 11.4 Å². The number of aromatic nitrogens is 2. The molecule has 150 valence electrons. The second kappa shape index (κ2) is 9.26. The minimum Gasteiger partial charge on any atom is -0.425 e. The fraction of sp³-hybridized carbons (Fsp3) is 0.500. The molecule has 1 atom stereocenters. The Morgan fingerprint density at radius 1 is 1.14 bits per heavy atom. The number of esters is 1. The quantitative estimate of drug-likeness (QED) is 0.383. The van der Waals surface area contributed by atoms with E-state index in [-0.39, 0.29) is 6.61 Å². The molecule has 0 bridgehead atoms. The molecule has 0 amide bonds. The highest BCUT2D eigenvalue weighted by molar-refractivity contribution is 5.77. The van der Waals surface area contributed by atoms with Crippen LogP contribution in [0.3, 0.4) is 0 Å². The van der Waals surface area contributed by atoms with Crippen molar-refractivity contribution in [1.82, 2.24) is 9.97 Å². The van der Waals surface area contributed by atoms with Crippen molar-refractivity contribution < 1.29 is 19.0 Å². The van der Waals surface area contributed by atoms with Gasteiger partial charge in [-0.05, 0) is 56.5 Å². The van der Waals surface area contributed by atoms with Crippen LogP contribution in [-0.4, -0.2) is 34.4 Å². The van der Waals surface area contributed by atoms with Gasteiger partial charge in [-0.2, -0.15) is 0 Å². The van der Waals surface area contributed by atoms with Gasteiger partial charge in [0.1, 0.15) is 5.75 Å². The molecule has 6 heteroatoms. The van der Waals surface area contributed by atoms with Crippen LogP contribution in [0.5, 0.6) is 5.75 Å². The first kappa shape index (κ1) is 20.4. The second-order valence-electron chi connectivity index (χ2n) is 7.49. The van der Waals surface area contributed by atoms with Gasteiger partial charge in [-0.3, -0.25) is 0 Å². The Kier molecular flexibility index (Phi) is 6.75. The minimum absolute atomic E-state index is 0.197. The Balaban J connectivity index is 1.54. The first-order chi connectivity index (χ1) is 13.5. The molecule has 1 saturated heterocycles. The number of hydrogen-bond acceptors (Lipinski definition) is 6. The summed E-state index contributed by atoms with van der Waals surface area (Å²) in [5, 5.41) is 0. The van der Waals surface area contributed by atoms with Gasteiger partial charge in [-0.1, -0.05) is 26.2 Å². The third-order valence-corrected chi connectivity index (χ3v) is 4.63. The summed E-state index contributed by atoms with van der Waals surface area (Å²) in [6.07, 6.45) is 9.01. The van der Waals surface area contributed by atoms with E-state index in [0.717, 1.165) is 17.5 Å². The number of nitrogens with zero attached hydrogens (tertiary/aromatic N) is 2. The topological polar surface area (TPSA) is 70.5 Å². The summed E-state index contributed by atoms with van der Waals surface area (Å²) in [4.78, 5) is 21.1. The lowest BCUT2D eigenvalue weighted by Gasteiger charge is -2.16. The Morgan fingerprint density at radius 2 is 1.86 bits per heavy atom. The largest absolute Gasteiger partial charge is 0.425 e. The monoisotopic (exact) mass is 384 g/mol. The van der Waals surface area contributed by atoms with Gasteiger partial charge < -0.3 is 14.2 Å². The summed E-state index contributed by atoms with van der Waals surface area (Å²) in [7, 11) is 0. The van der Waals surface area contributed by atoms with E-state index in [1.54, 1.807) is 26.0 Å².